The molecule has 0 fully saturated rings. The molecule has 0 radical (unpaired) electrons. The van der Waals surface area contributed by atoms with E-state index in [1.165, 1.54) is 0 Å². The lowest BCUT2D eigenvalue weighted by atomic mass is 10.1. The molecule has 0 saturated heterocycles. The maximum absolute atomic E-state index is 11.2. The van der Waals surface area contributed by atoms with Crippen LogP contribution in [0.2, 0.25) is 0 Å². The van der Waals surface area contributed by atoms with Gasteiger partial charge in [-0.3, -0.25) is 4.79 Å². The number of nitrogens with one attached hydrogen (secondary N) is 3. The standard InChI is InChI=1S/C13H19N3O/c1-13(2,14-3)8-15-10-4-5-11-9(6-10)7-12(17)16-11/h4-6,14-15H,7-8H2,1-3H3,(H,16,17). The number of carbonyl (C=O) groups is 1. The molecular weight excluding hydrogens is 214 g/mol. The zero-order valence-corrected chi connectivity index (χ0v) is 10.6. The summed E-state index contributed by atoms with van der Waals surface area (Å²) in [6.07, 6.45) is 0.486. The maximum Gasteiger partial charge on any atom is 0.228 e. The molecule has 1 amide bonds. The molecule has 1 aliphatic heterocycles. The molecular formula is C13H19N3O. The molecule has 1 aliphatic rings. The van der Waals surface area contributed by atoms with Crippen molar-refractivity contribution in [2.24, 2.45) is 0 Å². The first kappa shape index (κ1) is 11.9. The van der Waals surface area contributed by atoms with Gasteiger partial charge in [0.1, 0.15) is 0 Å². The molecule has 1 aromatic rings. The van der Waals surface area contributed by atoms with Gasteiger partial charge in [0.25, 0.3) is 0 Å². The van der Waals surface area contributed by atoms with Gasteiger partial charge in [-0.15, -0.1) is 0 Å². The molecule has 0 atom stereocenters. The summed E-state index contributed by atoms with van der Waals surface area (Å²) in [5.74, 6) is 0.0766. The second-order valence-corrected chi connectivity index (χ2v) is 5.08. The quantitative estimate of drug-likeness (QED) is 0.740. The second-order valence-electron chi connectivity index (χ2n) is 5.08. The third-order valence-electron chi connectivity index (χ3n) is 3.14. The molecule has 0 saturated carbocycles. The maximum atomic E-state index is 11.2. The predicted octanol–water partition coefficient (Wildman–Crippen LogP) is 1.59. The summed E-state index contributed by atoms with van der Waals surface area (Å²) in [6, 6.07) is 5.99. The third kappa shape index (κ3) is 2.77. The van der Waals surface area contributed by atoms with Crippen LogP contribution < -0.4 is 16.0 Å². The Kier molecular flexibility index (Phi) is 3.07. The number of hydrogen-bond donors (Lipinski definition) is 3. The molecule has 4 heteroatoms. The monoisotopic (exact) mass is 233 g/mol. The highest BCUT2D eigenvalue weighted by Crippen LogP contribution is 2.26. The molecule has 4 nitrogen and oxygen atoms in total. The van der Waals surface area contributed by atoms with Crippen molar-refractivity contribution < 1.29 is 4.79 Å². The van der Waals surface area contributed by atoms with Crippen LogP contribution >= 0.6 is 0 Å². The fourth-order valence-corrected chi connectivity index (χ4v) is 1.75. The van der Waals surface area contributed by atoms with Gasteiger partial charge in [-0.2, -0.15) is 0 Å². The molecule has 3 N–H and O–H groups in total. The Morgan fingerprint density at radius 1 is 1.41 bits per heavy atom. The van der Waals surface area contributed by atoms with Gasteiger partial charge in [-0.05, 0) is 44.7 Å². The van der Waals surface area contributed by atoms with Crippen molar-refractivity contribution in [2.45, 2.75) is 25.8 Å². The van der Waals surface area contributed by atoms with Crippen LogP contribution in [0.1, 0.15) is 19.4 Å². The van der Waals surface area contributed by atoms with E-state index < -0.39 is 0 Å². The van der Waals surface area contributed by atoms with Gasteiger partial charge in [-0.1, -0.05) is 0 Å². The Bertz CT molecular complexity index is 440. The lowest BCUT2D eigenvalue weighted by Crippen LogP contribution is -2.42. The highest BCUT2D eigenvalue weighted by Gasteiger charge is 2.18. The molecule has 1 heterocycles. The van der Waals surface area contributed by atoms with Gasteiger partial charge >= 0.3 is 0 Å². The summed E-state index contributed by atoms with van der Waals surface area (Å²) in [6.45, 7) is 5.11. The van der Waals surface area contributed by atoms with Crippen LogP contribution in [-0.4, -0.2) is 25.0 Å². The van der Waals surface area contributed by atoms with E-state index in [1.807, 2.05) is 25.2 Å². The fourth-order valence-electron chi connectivity index (χ4n) is 1.75. The average molecular weight is 233 g/mol. The van der Waals surface area contributed by atoms with E-state index in [2.05, 4.69) is 29.8 Å². The summed E-state index contributed by atoms with van der Waals surface area (Å²) >= 11 is 0. The van der Waals surface area contributed by atoms with Crippen LogP contribution in [0.5, 0.6) is 0 Å². The number of likely N-dealkylation sites (N-methyl/N-ethyl adjacent to an activating group) is 1. The normalized spacial score (nSPS) is 14.4. The molecule has 0 bridgehead atoms. The van der Waals surface area contributed by atoms with E-state index in [1.54, 1.807) is 0 Å². The summed E-state index contributed by atoms with van der Waals surface area (Å²) in [4.78, 5) is 11.2. The minimum absolute atomic E-state index is 0.0487. The number of anilines is 2. The summed E-state index contributed by atoms with van der Waals surface area (Å²) < 4.78 is 0. The molecule has 0 aromatic heterocycles. The summed E-state index contributed by atoms with van der Waals surface area (Å²) in [5.41, 5.74) is 3.12. The summed E-state index contributed by atoms with van der Waals surface area (Å²) in [5, 5.41) is 9.45. The highest BCUT2D eigenvalue weighted by atomic mass is 16.1. The van der Waals surface area contributed by atoms with Gasteiger partial charge in [0.05, 0.1) is 6.42 Å². The van der Waals surface area contributed by atoms with E-state index in [0.717, 1.165) is 23.5 Å². The highest BCUT2D eigenvalue weighted by molar-refractivity contribution is 5.99. The van der Waals surface area contributed by atoms with Gasteiger partial charge in [0.15, 0.2) is 0 Å². The first-order valence-corrected chi connectivity index (χ1v) is 5.86. The van der Waals surface area contributed by atoms with Crippen LogP contribution in [-0.2, 0) is 11.2 Å². The lowest BCUT2D eigenvalue weighted by Gasteiger charge is -2.25. The predicted molar refractivity (Wildman–Crippen MR) is 70.4 cm³/mol. The smallest absolute Gasteiger partial charge is 0.228 e. The zero-order chi connectivity index (χ0) is 12.5. The molecule has 92 valence electrons. The SMILES string of the molecule is CNC(C)(C)CNc1ccc2c(c1)CC(=O)N2. The second kappa shape index (κ2) is 4.37. The average Bonchev–Trinajstić information content (AvgIpc) is 2.66. The van der Waals surface area contributed by atoms with E-state index >= 15 is 0 Å². The number of hydrogen-bond acceptors (Lipinski definition) is 3. The molecule has 17 heavy (non-hydrogen) atoms. The number of rotatable bonds is 4. The van der Waals surface area contributed by atoms with Crippen LogP contribution in [0.4, 0.5) is 11.4 Å². The van der Waals surface area contributed by atoms with Gasteiger partial charge < -0.3 is 16.0 Å². The van der Waals surface area contributed by atoms with Crippen LogP contribution in [0, 0.1) is 0 Å². The molecule has 0 aliphatic carbocycles. The Morgan fingerprint density at radius 2 is 2.18 bits per heavy atom. The lowest BCUT2D eigenvalue weighted by molar-refractivity contribution is -0.115. The van der Waals surface area contributed by atoms with E-state index in [-0.39, 0.29) is 11.4 Å². The first-order valence-electron chi connectivity index (χ1n) is 5.86. The Morgan fingerprint density at radius 3 is 2.88 bits per heavy atom. The van der Waals surface area contributed by atoms with Gasteiger partial charge in [-0.25, -0.2) is 0 Å². The van der Waals surface area contributed by atoms with Crippen LogP contribution in [0.15, 0.2) is 18.2 Å². The fraction of sp³-hybridized carbons (Fsp3) is 0.462. The van der Waals surface area contributed by atoms with Gasteiger partial charge in [0, 0.05) is 23.5 Å². The van der Waals surface area contributed by atoms with Crippen molar-refractivity contribution in [1.82, 2.24) is 5.32 Å². The van der Waals surface area contributed by atoms with Crippen molar-refractivity contribution in [2.75, 3.05) is 24.2 Å². The van der Waals surface area contributed by atoms with E-state index in [0.29, 0.717) is 6.42 Å². The van der Waals surface area contributed by atoms with Crippen molar-refractivity contribution in [3.05, 3.63) is 23.8 Å². The van der Waals surface area contributed by atoms with Crippen molar-refractivity contribution in [1.29, 1.82) is 0 Å². The molecule has 2 rings (SSSR count). The minimum Gasteiger partial charge on any atom is -0.383 e. The Hall–Kier alpha value is -1.55. The summed E-state index contributed by atoms with van der Waals surface area (Å²) in [7, 11) is 1.95. The van der Waals surface area contributed by atoms with E-state index in [9.17, 15) is 4.79 Å². The number of benzene rings is 1. The largest absolute Gasteiger partial charge is 0.383 e. The Labute approximate surface area is 102 Å². The van der Waals surface area contributed by atoms with Crippen molar-refractivity contribution in [3.63, 3.8) is 0 Å². The zero-order valence-electron chi connectivity index (χ0n) is 10.6. The van der Waals surface area contributed by atoms with Crippen LogP contribution in [0.3, 0.4) is 0 Å². The van der Waals surface area contributed by atoms with Gasteiger partial charge in [0.2, 0.25) is 5.91 Å². The third-order valence-corrected chi connectivity index (χ3v) is 3.14. The topological polar surface area (TPSA) is 53.2 Å². The van der Waals surface area contributed by atoms with Crippen molar-refractivity contribution in [3.8, 4) is 0 Å². The first-order chi connectivity index (χ1) is 8.00. The van der Waals surface area contributed by atoms with Crippen LogP contribution in [0.25, 0.3) is 0 Å². The number of carbonyl (C=O) groups excluding carboxylic acids is 1. The van der Waals surface area contributed by atoms with E-state index in [4.69, 9.17) is 0 Å². The number of fused-ring (bicyclic) bond motifs is 1. The molecule has 0 unspecified atom stereocenters. The molecule has 1 aromatic carbocycles. The van der Waals surface area contributed by atoms with Crippen molar-refractivity contribution >= 4 is 17.3 Å². The minimum atomic E-state index is 0.0487. The Balaban J connectivity index is 2.04. The number of amides is 1. The molecule has 0 spiro atoms.